The molecule has 0 aliphatic carbocycles. The standard InChI is InChI=1S/C20H19N3O6/c1-12-17(19(24)23(21-12)14-8-6-5-7-9-14)22-29-20(25)13-10-15(26-2)18(28-4)16(11-13)27-3/h5-11H,1-4H3. The first kappa shape index (κ1) is 19.9. The number of para-hydroxylation sites is 1. The number of hydrazone groups is 1. The summed E-state index contributed by atoms with van der Waals surface area (Å²) in [5.41, 5.74) is 0.966. The summed E-state index contributed by atoms with van der Waals surface area (Å²) in [6, 6.07) is 11.7. The van der Waals surface area contributed by atoms with E-state index in [9.17, 15) is 9.59 Å². The second kappa shape index (κ2) is 8.42. The van der Waals surface area contributed by atoms with Crippen LogP contribution in [-0.2, 0) is 9.63 Å². The van der Waals surface area contributed by atoms with E-state index in [2.05, 4.69) is 10.3 Å². The number of amides is 1. The van der Waals surface area contributed by atoms with Gasteiger partial charge in [0, 0.05) is 0 Å². The van der Waals surface area contributed by atoms with Crippen LogP contribution in [0.4, 0.5) is 5.69 Å². The number of carbonyl (C=O) groups is 2. The van der Waals surface area contributed by atoms with Crippen molar-refractivity contribution in [2.24, 2.45) is 10.3 Å². The van der Waals surface area contributed by atoms with E-state index in [0.717, 1.165) is 0 Å². The number of benzene rings is 2. The van der Waals surface area contributed by atoms with Gasteiger partial charge in [0.25, 0.3) is 0 Å². The molecule has 150 valence electrons. The lowest BCUT2D eigenvalue weighted by Crippen LogP contribution is -2.27. The van der Waals surface area contributed by atoms with Crippen molar-refractivity contribution in [2.45, 2.75) is 6.92 Å². The van der Waals surface area contributed by atoms with Crippen molar-refractivity contribution in [3.05, 3.63) is 48.0 Å². The molecule has 0 spiro atoms. The third kappa shape index (κ3) is 3.88. The van der Waals surface area contributed by atoms with Gasteiger partial charge < -0.3 is 19.0 Å². The average Bonchev–Trinajstić information content (AvgIpc) is 3.04. The fraction of sp³-hybridized carbons (Fsp3) is 0.200. The quantitative estimate of drug-likeness (QED) is 0.549. The topological polar surface area (TPSA) is 99.0 Å². The molecule has 29 heavy (non-hydrogen) atoms. The van der Waals surface area contributed by atoms with Gasteiger partial charge in [-0.1, -0.05) is 23.4 Å². The summed E-state index contributed by atoms with van der Waals surface area (Å²) in [5, 5.41) is 9.09. The lowest BCUT2D eigenvalue weighted by molar-refractivity contribution is -0.112. The molecule has 0 unspecified atom stereocenters. The summed E-state index contributed by atoms with van der Waals surface area (Å²) >= 11 is 0. The van der Waals surface area contributed by atoms with E-state index < -0.39 is 11.9 Å². The Labute approximate surface area is 167 Å². The normalized spacial score (nSPS) is 14.6. The molecule has 0 N–H and O–H groups in total. The van der Waals surface area contributed by atoms with Gasteiger partial charge in [-0.15, -0.1) is 0 Å². The predicted molar refractivity (Wildman–Crippen MR) is 106 cm³/mol. The Kier molecular flexibility index (Phi) is 5.77. The molecule has 0 bridgehead atoms. The zero-order valence-electron chi connectivity index (χ0n) is 16.3. The smallest absolute Gasteiger partial charge is 0.366 e. The van der Waals surface area contributed by atoms with Crippen molar-refractivity contribution in [3.63, 3.8) is 0 Å². The number of rotatable bonds is 6. The van der Waals surface area contributed by atoms with Gasteiger partial charge in [0.1, 0.15) is 0 Å². The average molecular weight is 397 g/mol. The molecular weight excluding hydrogens is 378 g/mol. The first-order chi connectivity index (χ1) is 14.0. The molecule has 1 amide bonds. The number of anilines is 1. The van der Waals surface area contributed by atoms with Crippen molar-refractivity contribution >= 4 is 29.0 Å². The second-order valence-corrected chi connectivity index (χ2v) is 5.87. The molecule has 2 aromatic carbocycles. The van der Waals surface area contributed by atoms with Crippen LogP contribution >= 0.6 is 0 Å². The lowest BCUT2D eigenvalue weighted by atomic mass is 10.2. The first-order valence-corrected chi connectivity index (χ1v) is 8.54. The molecule has 0 aromatic heterocycles. The summed E-state index contributed by atoms with van der Waals surface area (Å²) in [7, 11) is 4.32. The number of ether oxygens (including phenoxy) is 3. The van der Waals surface area contributed by atoms with E-state index in [1.165, 1.54) is 38.5 Å². The number of oxime groups is 1. The molecular formula is C20H19N3O6. The zero-order valence-corrected chi connectivity index (χ0v) is 16.3. The molecule has 3 rings (SSSR count). The highest BCUT2D eigenvalue weighted by Crippen LogP contribution is 2.38. The van der Waals surface area contributed by atoms with E-state index in [0.29, 0.717) is 17.1 Å². The van der Waals surface area contributed by atoms with Crippen LogP contribution < -0.4 is 19.2 Å². The van der Waals surface area contributed by atoms with Crippen LogP contribution in [0.3, 0.4) is 0 Å². The van der Waals surface area contributed by atoms with E-state index >= 15 is 0 Å². The second-order valence-electron chi connectivity index (χ2n) is 5.87. The Balaban J connectivity index is 1.82. The highest BCUT2D eigenvalue weighted by molar-refractivity contribution is 6.71. The molecule has 0 radical (unpaired) electrons. The third-order valence-corrected chi connectivity index (χ3v) is 4.11. The van der Waals surface area contributed by atoms with Crippen LogP contribution in [0.25, 0.3) is 0 Å². The highest BCUT2D eigenvalue weighted by atomic mass is 16.7. The Morgan fingerprint density at radius 1 is 1.00 bits per heavy atom. The van der Waals surface area contributed by atoms with Crippen molar-refractivity contribution in [1.82, 2.24) is 0 Å². The molecule has 2 aromatic rings. The number of hydrogen-bond acceptors (Lipinski definition) is 8. The monoisotopic (exact) mass is 397 g/mol. The van der Waals surface area contributed by atoms with Crippen molar-refractivity contribution in [1.29, 1.82) is 0 Å². The molecule has 9 nitrogen and oxygen atoms in total. The van der Waals surface area contributed by atoms with Gasteiger partial charge in [0.2, 0.25) is 5.75 Å². The number of methoxy groups -OCH3 is 3. The number of carbonyl (C=O) groups excluding carboxylic acids is 2. The fourth-order valence-electron chi connectivity index (χ4n) is 2.69. The summed E-state index contributed by atoms with van der Waals surface area (Å²) in [5.74, 6) is -0.375. The minimum absolute atomic E-state index is 0.0605. The molecule has 1 aliphatic heterocycles. The minimum atomic E-state index is -0.796. The Morgan fingerprint density at radius 3 is 2.17 bits per heavy atom. The van der Waals surface area contributed by atoms with Gasteiger partial charge in [0.15, 0.2) is 17.2 Å². The third-order valence-electron chi connectivity index (χ3n) is 4.11. The van der Waals surface area contributed by atoms with Crippen LogP contribution in [0, 0.1) is 0 Å². The van der Waals surface area contributed by atoms with Crippen LogP contribution in [0.1, 0.15) is 17.3 Å². The maximum atomic E-state index is 12.6. The molecule has 1 aliphatic rings. The fourth-order valence-corrected chi connectivity index (χ4v) is 2.69. The van der Waals surface area contributed by atoms with Gasteiger partial charge in [-0.2, -0.15) is 10.1 Å². The van der Waals surface area contributed by atoms with Crippen molar-refractivity contribution in [2.75, 3.05) is 26.3 Å². The van der Waals surface area contributed by atoms with Gasteiger partial charge in [-0.05, 0) is 31.2 Å². The van der Waals surface area contributed by atoms with Crippen LogP contribution in [0.15, 0.2) is 52.7 Å². The van der Waals surface area contributed by atoms with Crippen LogP contribution in [0.2, 0.25) is 0 Å². The summed E-state index contributed by atoms with van der Waals surface area (Å²) in [4.78, 5) is 30.0. The maximum Gasteiger partial charge on any atom is 0.366 e. The maximum absolute atomic E-state index is 12.6. The van der Waals surface area contributed by atoms with Crippen molar-refractivity contribution in [3.8, 4) is 17.2 Å². The van der Waals surface area contributed by atoms with Crippen molar-refractivity contribution < 1.29 is 28.6 Å². The highest BCUT2D eigenvalue weighted by Gasteiger charge is 2.31. The van der Waals surface area contributed by atoms with Gasteiger partial charge >= 0.3 is 11.9 Å². The summed E-state index contributed by atoms with van der Waals surface area (Å²) < 4.78 is 15.7. The molecule has 0 saturated heterocycles. The van der Waals surface area contributed by atoms with Gasteiger partial charge in [-0.25, -0.2) is 4.79 Å². The van der Waals surface area contributed by atoms with E-state index in [1.807, 2.05) is 6.07 Å². The first-order valence-electron chi connectivity index (χ1n) is 8.54. The van der Waals surface area contributed by atoms with E-state index in [1.54, 1.807) is 31.2 Å². The van der Waals surface area contributed by atoms with Gasteiger partial charge in [-0.3, -0.25) is 4.79 Å². The van der Waals surface area contributed by atoms with Gasteiger partial charge in [0.05, 0.1) is 38.3 Å². The van der Waals surface area contributed by atoms with Crippen LogP contribution in [-0.4, -0.2) is 44.6 Å². The minimum Gasteiger partial charge on any atom is -0.493 e. The molecule has 0 fully saturated rings. The van der Waals surface area contributed by atoms with E-state index in [4.69, 9.17) is 19.0 Å². The zero-order chi connectivity index (χ0) is 21.0. The summed E-state index contributed by atoms with van der Waals surface area (Å²) in [6.45, 7) is 1.60. The molecule has 0 atom stereocenters. The molecule has 0 saturated carbocycles. The van der Waals surface area contributed by atoms with Crippen LogP contribution in [0.5, 0.6) is 17.2 Å². The number of hydrogen-bond donors (Lipinski definition) is 0. The molecule has 1 heterocycles. The predicted octanol–water partition coefficient (Wildman–Crippen LogP) is 2.65. The Morgan fingerprint density at radius 2 is 1.62 bits per heavy atom. The summed E-state index contributed by atoms with van der Waals surface area (Å²) in [6.07, 6.45) is 0. The lowest BCUT2D eigenvalue weighted by Gasteiger charge is -2.13. The number of nitrogens with zero attached hydrogens (tertiary/aromatic N) is 3. The SMILES string of the molecule is COc1cc(C(=O)ON=C2C(=O)N(c3ccccc3)N=C2C)cc(OC)c1OC. The van der Waals surface area contributed by atoms with E-state index in [-0.39, 0.29) is 22.8 Å². The molecule has 9 heteroatoms. The Hall–Kier alpha value is -3.88. The Bertz CT molecular complexity index is 976. The largest absolute Gasteiger partial charge is 0.493 e.